The van der Waals surface area contributed by atoms with Gasteiger partial charge in [0.05, 0.1) is 0 Å². The maximum absolute atomic E-state index is 5.44. The molecule has 0 aliphatic heterocycles. The third-order valence-electron chi connectivity index (χ3n) is 1.67. The molecular weight excluding hydrogens is 158 g/mol. The molecule has 1 rings (SSSR count). The molecule has 0 unspecified atom stereocenters. The van der Waals surface area contributed by atoms with Crippen LogP contribution in [-0.4, -0.2) is 0 Å². The highest BCUT2D eigenvalue weighted by atomic mass is 35.5. The Kier molecular flexibility index (Phi) is 4.92. The van der Waals surface area contributed by atoms with Crippen LogP contribution < -0.4 is 5.73 Å². The molecule has 0 heterocycles. The fourth-order valence-corrected chi connectivity index (χ4v) is 0.911. The molecule has 1 aromatic carbocycles. The first-order valence-corrected chi connectivity index (χ1v) is 3.64. The zero-order valence-electron chi connectivity index (χ0n) is 6.71. The summed E-state index contributed by atoms with van der Waals surface area (Å²) in [7, 11) is 0. The predicted octanol–water partition coefficient (Wildman–Crippen LogP) is 2.13. The van der Waals surface area contributed by atoms with Gasteiger partial charge in [-0.1, -0.05) is 31.2 Å². The van der Waals surface area contributed by atoms with Gasteiger partial charge in [-0.2, -0.15) is 0 Å². The Bertz CT molecular complexity index is 170. The molecule has 0 fully saturated rings. The average Bonchev–Trinajstić information content (AvgIpc) is 2.05. The number of rotatable bonds is 2. The van der Waals surface area contributed by atoms with Gasteiger partial charge in [0.2, 0.25) is 0 Å². The SMILES string of the molecule is CCc1ccc(CN)cc1.Cl. The molecule has 1 aromatic rings. The molecule has 0 aromatic heterocycles. The van der Waals surface area contributed by atoms with Gasteiger partial charge >= 0.3 is 0 Å². The topological polar surface area (TPSA) is 26.0 Å². The van der Waals surface area contributed by atoms with E-state index in [1.54, 1.807) is 0 Å². The molecule has 2 N–H and O–H groups in total. The van der Waals surface area contributed by atoms with E-state index in [0.29, 0.717) is 6.54 Å². The molecular formula is C9H14ClN. The van der Waals surface area contributed by atoms with E-state index in [1.807, 2.05) is 0 Å². The number of aryl methyl sites for hydroxylation is 1. The number of halogens is 1. The van der Waals surface area contributed by atoms with Crippen molar-refractivity contribution in [1.29, 1.82) is 0 Å². The van der Waals surface area contributed by atoms with E-state index in [1.165, 1.54) is 11.1 Å². The van der Waals surface area contributed by atoms with Crippen LogP contribution in [0.1, 0.15) is 18.1 Å². The maximum atomic E-state index is 5.44. The molecule has 0 amide bonds. The minimum absolute atomic E-state index is 0. The Morgan fingerprint density at radius 3 is 1.91 bits per heavy atom. The monoisotopic (exact) mass is 171 g/mol. The Balaban J connectivity index is 0.000001000. The van der Waals surface area contributed by atoms with Crippen LogP contribution >= 0.6 is 12.4 Å². The van der Waals surface area contributed by atoms with Crippen LogP contribution in [0.5, 0.6) is 0 Å². The molecule has 62 valence electrons. The van der Waals surface area contributed by atoms with Gasteiger partial charge in [-0.25, -0.2) is 0 Å². The fourth-order valence-electron chi connectivity index (χ4n) is 0.911. The molecule has 0 spiro atoms. The van der Waals surface area contributed by atoms with Crippen molar-refractivity contribution in [3.05, 3.63) is 35.4 Å². The molecule has 1 nitrogen and oxygen atoms in total. The summed E-state index contributed by atoms with van der Waals surface area (Å²) >= 11 is 0. The zero-order valence-corrected chi connectivity index (χ0v) is 7.53. The molecule has 0 aliphatic rings. The van der Waals surface area contributed by atoms with Crippen molar-refractivity contribution in [2.24, 2.45) is 5.73 Å². The van der Waals surface area contributed by atoms with Crippen molar-refractivity contribution in [3.63, 3.8) is 0 Å². The van der Waals surface area contributed by atoms with Gasteiger partial charge in [-0.05, 0) is 17.5 Å². The van der Waals surface area contributed by atoms with Crippen LogP contribution in [0.4, 0.5) is 0 Å². The maximum Gasteiger partial charge on any atom is 0.0178 e. The van der Waals surface area contributed by atoms with E-state index < -0.39 is 0 Å². The van der Waals surface area contributed by atoms with Crippen molar-refractivity contribution < 1.29 is 0 Å². The Labute approximate surface area is 74.0 Å². The number of nitrogens with two attached hydrogens (primary N) is 1. The zero-order chi connectivity index (χ0) is 7.40. The van der Waals surface area contributed by atoms with E-state index >= 15 is 0 Å². The minimum atomic E-state index is 0. The molecule has 0 saturated carbocycles. The van der Waals surface area contributed by atoms with Crippen molar-refractivity contribution in [1.82, 2.24) is 0 Å². The largest absolute Gasteiger partial charge is 0.326 e. The summed E-state index contributed by atoms with van der Waals surface area (Å²) in [6.45, 7) is 2.79. The lowest BCUT2D eigenvalue weighted by Gasteiger charge is -1.97. The van der Waals surface area contributed by atoms with E-state index in [4.69, 9.17) is 5.73 Å². The third kappa shape index (κ3) is 2.91. The lowest BCUT2D eigenvalue weighted by Crippen LogP contribution is -1.95. The van der Waals surface area contributed by atoms with Crippen molar-refractivity contribution in [2.75, 3.05) is 0 Å². The van der Waals surface area contributed by atoms with Crippen molar-refractivity contribution in [2.45, 2.75) is 19.9 Å². The van der Waals surface area contributed by atoms with Crippen LogP contribution in [0.3, 0.4) is 0 Å². The van der Waals surface area contributed by atoms with Crippen LogP contribution in [0, 0.1) is 0 Å². The second-order valence-electron chi connectivity index (χ2n) is 2.37. The van der Waals surface area contributed by atoms with Crippen molar-refractivity contribution in [3.8, 4) is 0 Å². The van der Waals surface area contributed by atoms with E-state index in [0.717, 1.165) is 6.42 Å². The average molecular weight is 172 g/mol. The number of hydrogen-bond acceptors (Lipinski definition) is 1. The predicted molar refractivity (Wildman–Crippen MR) is 51.0 cm³/mol. The fraction of sp³-hybridized carbons (Fsp3) is 0.333. The third-order valence-corrected chi connectivity index (χ3v) is 1.67. The van der Waals surface area contributed by atoms with Gasteiger partial charge in [0, 0.05) is 6.54 Å². The standard InChI is InChI=1S/C9H13N.ClH/c1-2-8-3-5-9(7-10)6-4-8;/h3-6H,2,7,10H2,1H3;1H. The lowest BCUT2D eigenvalue weighted by molar-refractivity contribution is 1.06. The molecule has 0 radical (unpaired) electrons. The first-order chi connectivity index (χ1) is 4.86. The quantitative estimate of drug-likeness (QED) is 0.725. The van der Waals surface area contributed by atoms with Gasteiger partial charge < -0.3 is 5.73 Å². The molecule has 0 atom stereocenters. The smallest absolute Gasteiger partial charge is 0.0178 e. The molecule has 0 saturated heterocycles. The van der Waals surface area contributed by atoms with Gasteiger partial charge in [0.15, 0.2) is 0 Å². The van der Waals surface area contributed by atoms with Crippen LogP contribution in [0.2, 0.25) is 0 Å². The molecule has 11 heavy (non-hydrogen) atoms. The first kappa shape index (κ1) is 10.5. The van der Waals surface area contributed by atoms with Crippen LogP contribution in [0.15, 0.2) is 24.3 Å². The first-order valence-electron chi connectivity index (χ1n) is 3.64. The highest BCUT2D eigenvalue weighted by Gasteiger charge is 1.88. The second kappa shape index (κ2) is 5.16. The normalized spacial score (nSPS) is 8.91. The number of benzene rings is 1. The van der Waals surface area contributed by atoms with Crippen molar-refractivity contribution >= 4 is 12.4 Å². The lowest BCUT2D eigenvalue weighted by atomic mass is 10.1. The van der Waals surface area contributed by atoms with E-state index in [-0.39, 0.29) is 12.4 Å². The Hall–Kier alpha value is -0.530. The summed E-state index contributed by atoms with van der Waals surface area (Å²) in [6, 6.07) is 8.42. The van der Waals surface area contributed by atoms with Gasteiger partial charge in [0.1, 0.15) is 0 Å². The number of hydrogen-bond donors (Lipinski definition) is 1. The molecule has 0 bridgehead atoms. The summed E-state index contributed by atoms with van der Waals surface area (Å²) < 4.78 is 0. The summed E-state index contributed by atoms with van der Waals surface area (Å²) in [5, 5.41) is 0. The van der Waals surface area contributed by atoms with Gasteiger partial charge in [-0.3, -0.25) is 0 Å². The van der Waals surface area contributed by atoms with Gasteiger partial charge in [0.25, 0.3) is 0 Å². The highest BCUT2D eigenvalue weighted by Crippen LogP contribution is 2.03. The minimum Gasteiger partial charge on any atom is -0.326 e. The summed E-state index contributed by atoms with van der Waals surface area (Å²) in [5.41, 5.74) is 8.02. The second-order valence-corrected chi connectivity index (χ2v) is 2.37. The van der Waals surface area contributed by atoms with E-state index in [9.17, 15) is 0 Å². The Morgan fingerprint density at radius 1 is 1.09 bits per heavy atom. The molecule has 0 aliphatic carbocycles. The summed E-state index contributed by atoms with van der Waals surface area (Å²) in [5.74, 6) is 0. The van der Waals surface area contributed by atoms with Crippen LogP contribution in [0.25, 0.3) is 0 Å². The summed E-state index contributed by atoms with van der Waals surface area (Å²) in [6.07, 6.45) is 1.10. The Morgan fingerprint density at radius 2 is 1.55 bits per heavy atom. The molecule has 2 heteroatoms. The van der Waals surface area contributed by atoms with E-state index in [2.05, 4.69) is 31.2 Å². The van der Waals surface area contributed by atoms with Crippen LogP contribution in [-0.2, 0) is 13.0 Å². The highest BCUT2D eigenvalue weighted by molar-refractivity contribution is 5.85. The summed E-state index contributed by atoms with van der Waals surface area (Å²) in [4.78, 5) is 0. The van der Waals surface area contributed by atoms with Gasteiger partial charge in [-0.15, -0.1) is 12.4 Å².